The van der Waals surface area contributed by atoms with Crippen molar-refractivity contribution in [1.82, 2.24) is 10.2 Å². The number of hydrogen-bond donors (Lipinski definition) is 1. The maximum atomic E-state index is 11.6. The molecule has 1 amide bonds. The Kier molecular flexibility index (Phi) is 4.96. The Morgan fingerprint density at radius 1 is 1.50 bits per heavy atom. The Hall–Kier alpha value is -0.870. The van der Waals surface area contributed by atoms with Crippen LogP contribution in [0, 0.1) is 0 Å². The molecule has 0 aromatic carbocycles. The molecule has 1 unspecified atom stereocenters. The van der Waals surface area contributed by atoms with Gasteiger partial charge < -0.3 is 10.2 Å². The van der Waals surface area contributed by atoms with Crippen molar-refractivity contribution in [2.45, 2.75) is 32.4 Å². The van der Waals surface area contributed by atoms with Gasteiger partial charge in [0.1, 0.15) is 0 Å². The minimum absolute atomic E-state index is 0.122. The van der Waals surface area contributed by atoms with Crippen LogP contribution in [0.15, 0.2) is 16.8 Å². The van der Waals surface area contributed by atoms with E-state index in [9.17, 15) is 4.79 Å². The van der Waals surface area contributed by atoms with Gasteiger partial charge in [0.15, 0.2) is 0 Å². The summed E-state index contributed by atoms with van der Waals surface area (Å²) < 4.78 is 0. The lowest BCUT2D eigenvalue weighted by atomic mass is 10.1. The van der Waals surface area contributed by atoms with Gasteiger partial charge in [-0.2, -0.15) is 11.3 Å². The molecular formula is C12H20N2OS. The van der Waals surface area contributed by atoms with Crippen molar-refractivity contribution in [2.24, 2.45) is 0 Å². The van der Waals surface area contributed by atoms with Crippen LogP contribution < -0.4 is 5.32 Å². The maximum Gasteiger partial charge on any atom is 0.238 e. The highest BCUT2D eigenvalue weighted by atomic mass is 32.1. The first-order valence-electron chi connectivity index (χ1n) is 5.49. The Morgan fingerprint density at radius 2 is 2.19 bits per heavy atom. The van der Waals surface area contributed by atoms with Crippen molar-refractivity contribution in [3.05, 3.63) is 22.4 Å². The van der Waals surface area contributed by atoms with Crippen molar-refractivity contribution in [1.29, 1.82) is 0 Å². The summed E-state index contributed by atoms with van der Waals surface area (Å²) in [6.45, 7) is 4.02. The van der Waals surface area contributed by atoms with E-state index in [4.69, 9.17) is 0 Å². The van der Waals surface area contributed by atoms with Gasteiger partial charge in [-0.15, -0.1) is 0 Å². The van der Waals surface area contributed by atoms with E-state index >= 15 is 0 Å². The second kappa shape index (κ2) is 6.01. The number of likely N-dealkylation sites (N-methyl/N-ethyl adjacent to an activating group) is 1. The number of nitrogens with zero attached hydrogens (tertiary/aromatic N) is 1. The lowest BCUT2D eigenvalue weighted by molar-refractivity contribution is -0.130. The molecule has 0 aliphatic heterocycles. The molecule has 4 heteroatoms. The standard InChI is InChI=1S/C12H20N2OS/c1-9(7-11-5-6-16-8-11)13-10(2)12(15)14(3)4/h5-6,8-10,13H,7H2,1-4H3/t9?,10-/m1/s1. The van der Waals surface area contributed by atoms with Gasteiger partial charge in [-0.3, -0.25) is 4.79 Å². The zero-order chi connectivity index (χ0) is 12.1. The number of rotatable bonds is 5. The Balaban J connectivity index is 2.39. The molecule has 1 aromatic heterocycles. The zero-order valence-electron chi connectivity index (χ0n) is 10.4. The van der Waals surface area contributed by atoms with Crippen LogP contribution in [-0.2, 0) is 11.2 Å². The number of hydrogen-bond acceptors (Lipinski definition) is 3. The summed E-state index contributed by atoms with van der Waals surface area (Å²) in [6, 6.07) is 2.32. The van der Waals surface area contributed by atoms with Gasteiger partial charge in [0.05, 0.1) is 6.04 Å². The van der Waals surface area contributed by atoms with Crippen molar-refractivity contribution in [2.75, 3.05) is 14.1 Å². The summed E-state index contributed by atoms with van der Waals surface area (Å²) in [5.41, 5.74) is 1.33. The Labute approximate surface area is 101 Å². The van der Waals surface area contributed by atoms with Crippen LogP contribution in [0.1, 0.15) is 19.4 Å². The van der Waals surface area contributed by atoms with Crippen molar-refractivity contribution >= 4 is 17.2 Å². The predicted octanol–water partition coefficient (Wildman–Crippen LogP) is 1.75. The van der Waals surface area contributed by atoms with Crippen LogP contribution in [0.5, 0.6) is 0 Å². The third kappa shape index (κ3) is 3.94. The van der Waals surface area contributed by atoms with Crippen LogP contribution in [0.3, 0.4) is 0 Å². The highest BCUT2D eigenvalue weighted by Gasteiger charge is 2.16. The smallest absolute Gasteiger partial charge is 0.238 e. The van der Waals surface area contributed by atoms with Crippen molar-refractivity contribution in [3.8, 4) is 0 Å². The first-order valence-corrected chi connectivity index (χ1v) is 6.43. The number of thiophene rings is 1. The summed E-state index contributed by atoms with van der Waals surface area (Å²) in [4.78, 5) is 13.3. The highest BCUT2D eigenvalue weighted by molar-refractivity contribution is 7.07. The molecule has 0 bridgehead atoms. The Bertz CT molecular complexity index is 322. The molecule has 90 valence electrons. The van der Waals surface area contributed by atoms with Crippen LogP contribution in [0.2, 0.25) is 0 Å². The molecule has 1 rings (SSSR count). The van der Waals surface area contributed by atoms with Gasteiger partial charge in [0.25, 0.3) is 0 Å². The largest absolute Gasteiger partial charge is 0.347 e. The van der Waals surface area contributed by atoms with E-state index in [-0.39, 0.29) is 11.9 Å². The molecule has 0 aliphatic carbocycles. The summed E-state index contributed by atoms with van der Waals surface area (Å²) in [5.74, 6) is 0.122. The lowest BCUT2D eigenvalue weighted by Gasteiger charge is -2.22. The highest BCUT2D eigenvalue weighted by Crippen LogP contribution is 2.08. The van der Waals surface area contributed by atoms with Gasteiger partial charge in [0, 0.05) is 20.1 Å². The van der Waals surface area contributed by atoms with Gasteiger partial charge in [-0.1, -0.05) is 0 Å². The molecule has 1 aromatic rings. The first-order chi connectivity index (χ1) is 7.50. The molecule has 0 spiro atoms. The number of carbonyl (C=O) groups is 1. The maximum absolute atomic E-state index is 11.6. The van der Waals surface area contributed by atoms with Crippen LogP contribution in [0.4, 0.5) is 0 Å². The number of nitrogens with one attached hydrogen (secondary N) is 1. The third-order valence-electron chi connectivity index (χ3n) is 2.47. The molecule has 0 saturated carbocycles. The quantitative estimate of drug-likeness (QED) is 0.850. The van der Waals surface area contributed by atoms with Gasteiger partial charge in [-0.25, -0.2) is 0 Å². The van der Waals surface area contributed by atoms with Gasteiger partial charge >= 0.3 is 0 Å². The van der Waals surface area contributed by atoms with E-state index in [1.165, 1.54) is 5.56 Å². The molecule has 0 radical (unpaired) electrons. The van der Waals surface area contributed by atoms with Crippen molar-refractivity contribution in [3.63, 3.8) is 0 Å². The minimum Gasteiger partial charge on any atom is -0.347 e. The first kappa shape index (κ1) is 13.2. The average Bonchev–Trinajstić information content (AvgIpc) is 2.68. The Morgan fingerprint density at radius 3 is 2.69 bits per heavy atom. The number of carbonyl (C=O) groups excluding carboxylic acids is 1. The van der Waals surface area contributed by atoms with Gasteiger partial charge in [-0.05, 0) is 42.7 Å². The van der Waals surface area contributed by atoms with E-state index in [1.807, 2.05) is 6.92 Å². The fraction of sp³-hybridized carbons (Fsp3) is 0.583. The fourth-order valence-electron chi connectivity index (χ4n) is 1.71. The van der Waals surface area contributed by atoms with Crippen LogP contribution in [0.25, 0.3) is 0 Å². The topological polar surface area (TPSA) is 32.3 Å². The molecule has 0 aliphatic rings. The lowest BCUT2D eigenvalue weighted by Crippen LogP contribution is -2.45. The van der Waals surface area contributed by atoms with E-state index in [1.54, 1.807) is 30.3 Å². The summed E-state index contributed by atoms with van der Waals surface area (Å²) in [5, 5.41) is 7.54. The summed E-state index contributed by atoms with van der Waals surface area (Å²) in [6.07, 6.45) is 0.967. The molecule has 1 heterocycles. The SMILES string of the molecule is CC(Cc1ccsc1)N[C@H](C)C(=O)N(C)C. The second-order valence-corrected chi connectivity index (χ2v) is 5.14. The average molecular weight is 240 g/mol. The molecule has 0 saturated heterocycles. The molecule has 0 fully saturated rings. The predicted molar refractivity (Wildman–Crippen MR) is 68.8 cm³/mol. The van der Waals surface area contributed by atoms with E-state index < -0.39 is 0 Å². The van der Waals surface area contributed by atoms with Crippen LogP contribution >= 0.6 is 11.3 Å². The summed E-state index contributed by atoms with van der Waals surface area (Å²) in [7, 11) is 3.56. The van der Waals surface area contributed by atoms with Crippen LogP contribution in [-0.4, -0.2) is 37.0 Å². The van der Waals surface area contributed by atoms with E-state index in [2.05, 4.69) is 29.1 Å². The second-order valence-electron chi connectivity index (χ2n) is 4.36. The molecule has 3 nitrogen and oxygen atoms in total. The molecule has 1 N–H and O–H groups in total. The van der Waals surface area contributed by atoms with E-state index in [0.717, 1.165) is 6.42 Å². The molecular weight excluding hydrogens is 220 g/mol. The zero-order valence-corrected chi connectivity index (χ0v) is 11.2. The van der Waals surface area contributed by atoms with Gasteiger partial charge in [0.2, 0.25) is 5.91 Å². The monoisotopic (exact) mass is 240 g/mol. The minimum atomic E-state index is -0.122. The summed E-state index contributed by atoms with van der Waals surface area (Å²) >= 11 is 1.71. The normalized spacial score (nSPS) is 14.5. The molecule has 2 atom stereocenters. The van der Waals surface area contributed by atoms with Crippen molar-refractivity contribution < 1.29 is 4.79 Å². The number of amides is 1. The molecule has 16 heavy (non-hydrogen) atoms. The van der Waals surface area contributed by atoms with E-state index in [0.29, 0.717) is 6.04 Å². The third-order valence-corrected chi connectivity index (χ3v) is 3.20. The fourth-order valence-corrected chi connectivity index (χ4v) is 2.39.